The lowest BCUT2D eigenvalue weighted by Crippen LogP contribution is -2.29. The summed E-state index contributed by atoms with van der Waals surface area (Å²) in [6, 6.07) is 6.42. The molecule has 2 rings (SSSR count). The zero-order valence-electron chi connectivity index (χ0n) is 9.79. The van der Waals surface area contributed by atoms with Crippen molar-refractivity contribution in [3.05, 3.63) is 28.2 Å². The second-order valence-corrected chi connectivity index (χ2v) is 5.70. The van der Waals surface area contributed by atoms with Crippen molar-refractivity contribution < 1.29 is 4.74 Å². The third-order valence-corrected chi connectivity index (χ3v) is 4.14. The van der Waals surface area contributed by atoms with Crippen LogP contribution < -0.4 is 10.5 Å². The largest absolute Gasteiger partial charge is 0.496 e. The minimum Gasteiger partial charge on any atom is -0.496 e. The van der Waals surface area contributed by atoms with Crippen molar-refractivity contribution in [1.29, 1.82) is 0 Å². The molecule has 0 bridgehead atoms. The molecular weight excluding hydrogens is 266 g/mol. The van der Waals surface area contributed by atoms with Gasteiger partial charge in [-0.05, 0) is 55.4 Å². The zero-order valence-corrected chi connectivity index (χ0v) is 11.4. The first-order valence-corrected chi connectivity index (χ1v) is 6.45. The van der Waals surface area contributed by atoms with E-state index in [0.717, 1.165) is 16.6 Å². The van der Waals surface area contributed by atoms with E-state index < -0.39 is 0 Å². The molecule has 0 aromatic heterocycles. The summed E-state index contributed by atoms with van der Waals surface area (Å²) >= 11 is 3.50. The van der Waals surface area contributed by atoms with E-state index in [0.29, 0.717) is 5.41 Å². The lowest BCUT2D eigenvalue weighted by Gasteiger charge is -2.21. The van der Waals surface area contributed by atoms with Crippen molar-refractivity contribution in [3.8, 4) is 5.75 Å². The molecule has 1 aliphatic carbocycles. The Balaban J connectivity index is 2.23. The van der Waals surface area contributed by atoms with Gasteiger partial charge in [0.1, 0.15) is 5.75 Å². The van der Waals surface area contributed by atoms with Gasteiger partial charge in [0.25, 0.3) is 0 Å². The third kappa shape index (κ3) is 2.25. The highest BCUT2D eigenvalue weighted by molar-refractivity contribution is 9.10. The standard InChI is InChI=1S/C13H18BrNO/c1-9(15)13(5-6-13)8-10-7-11(14)3-4-12(10)16-2/h3-4,7,9H,5-6,8,15H2,1-2H3. The first-order valence-electron chi connectivity index (χ1n) is 5.65. The van der Waals surface area contributed by atoms with Crippen LogP contribution in [0, 0.1) is 5.41 Å². The van der Waals surface area contributed by atoms with Gasteiger partial charge in [-0.25, -0.2) is 0 Å². The minimum absolute atomic E-state index is 0.260. The lowest BCUT2D eigenvalue weighted by atomic mass is 9.90. The van der Waals surface area contributed by atoms with Crippen molar-refractivity contribution in [2.45, 2.75) is 32.2 Å². The van der Waals surface area contributed by atoms with E-state index in [-0.39, 0.29) is 6.04 Å². The van der Waals surface area contributed by atoms with E-state index >= 15 is 0 Å². The maximum Gasteiger partial charge on any atom is 0.122 e. The predicted octanol–water partition coefficient (Wildman–Crippen LogP) is 3.13. The van der Waals surface area contributed by atoms with Gasteiger partial charge < -0.3 is 10.5 Å². The van der Waals surface area contributed by atoms with Crippen LogP contribution in [0.4, 0.5) is 0 Å². The van der Waals surface area contributed by atoms with Crippen molar-refractivity contribution in [2.75, 3.05) is 7.11 Å². The Hall–Kier alpha value is -0.540. The summed E-state index contributed by atoms with van der Waals surface area (Å²) in [5.74, 6) is 0.968. The molecule has 0 aliphatic heterocycles. The third-order valence-electron chi connectivity index (χ3n) is 3.64. The van der Waals surface area contributed by atoms with Crippen molar-refractivity contribution in [2.24, 2.45) is 11.1 Å². The number of methoxy groups -OCH3 is 1. The van der Waals surface area contributed by atoms with Gasteiger partial charge >= 0.3 is 0 Å². The average molecular weight is 284 g/mol. The molecule has 0 heterocycles. The fourth-order valence-corrected chi connectivity index (χ4v) is 2.63. The topological polar surface area (TPSA) is 35.2 Å². The molecule has 16 heavy (non-hydrogen) atoms. The van der Waals surface area contributed by atoms with Crippen LogP contribution in [0.3, 0.4) is 0 Å². The van der Waals surface area contributed by atoms with Crippen LogP contribution in [-0.2, 0) is 6.42 Å². The Morgan fingerprint density at radius 2 is 2.19 bits per heavy atom. The summed E-state index contributed by atoms with van der Waals surface area (Å²) in [6.45, 7) is 2.11. The number of hydrogen-bond acceptors (Lipinski definition) is 2. The number of halogens is 1. The molecule has 2 N–H and O–H groups in total. The van der Waals surface area contributed by atoms with Crippen LogP contribution in [0.15, 0.2) is 22.7 Å². The molecule has 0 saturated heterocycles. The van der Waals surface area contributed by atoms with Crippen molar-refractivity contribution >= 4 is 15.9 Å². The summed E-state index contributed by atoms with van der Waals surface area (Å²) in [7, 11) is 1.72. The minimum atomic E-state index is 0.260. The number of benzene rings is 1. The summed E-state index contributed by atoms with van der Waals surface area (Å²) in [5.41, 5.74) is 7.63. The Kier molecular flexibility index (Phi) is 3.27. The molecule has 1 fully saturated rings. The SMILES string of the molecule is COc1ccc(Br)cc1CC1(C(C)N)CC1. The fourth-order valence-electron chi connectivity index (χ4n) is 2.22. The second kappa shape index (κ2) is 4.38. The molecule has 1 atom stereocenters. The molecule has 0 spiro atoms. The summed E-state index contributed by atoms with van der Waals surface area (Å²) in [6.07, 6.45) is 3.49. The quantitative estimate of drug-likeness (QED) is 0.922. The molecule has 88 valence electrons. The van der Waals surface area contributed by atoms with Crippen LogP contribution in [0.1, 0.15) is 25.3 Å². The monoisotopic (exact) mass is 283 g/mol. The van der Waals surface area contributed by atoms with Gasteiger partial charge in [0.15, 0.2) is 0 Å². The van der Waals surface area contributed by atoms with Crippen LogP contribution >= 0.6 is 15.9 Å². The van der Waals surface area contributed by atoms with Gasteiger partial charge in [-0.3, -0.25) is 0 Å². The number of rotatable bonds is 4. The van der Waals surface area contributed by atoms with E-state index in [1.54, 1.807) is 7.11 Å². The zero-order chi connectivity index (χ0) is 11.8. The van der Waals surface area contributed by atoms with E-state index in [2.05, 4.69) is 28.9 Å². The molecule has 1 aromatic rings. The van der Waals surface area contributed by atoms with Gasteiger partial charge in [0, 0.05) is 10.5 Å². The smallest absolute Gasteiger partial charge is 0.122 e. The lowest BCUT2D eigenvalue weighted by molar-refractivity contribution is 0.385. The second-order valence-electron chi connectivity index (χ2n) is 4.78. The summed E-state index contributed by atoms with van der Waals surface area (Å²) < 4.78 is 6.49. The number of ether oxygens (including phenoxy) is 1. The summed E-state index contributed by atoms with van der Waals surface area (Å²) in [5, 5.41) is 0. The van der Waals surface area contributed by atoms with Crippen LogP contribution in [0.25, 0.3) is 0 Å². The normalized spacial score (nSPS) is 19.2. The average Bonchev–Trinajstić information content (AvgIpc) is 2.99. The highest BCUT2D eigenvalue weighted by Gasteiger charge is 2.46. The molecule has 1 unspecified atom stereocenters. The maximum absolute atomic E-state index is 6.06. The molecule has 0 amide bonds. The molecule has 2 nitrogen and oxygen atoms in total. The van der Waals surface area contributed by atoms with E-state index in [9.17, 15) is 0 Å². The Bertz CT molecular complexity index is 386. The predicted molar refractivity (Wildman–Crippen MR) is 69.7 cm³/mol. The first kappa shape index (κ1) is 11.9. The van der Waals surface area contributed by atoms with E-state index in [1.165, 1.54) is 18.4 Å². The van der Waals surface area contributed by atoms with Gasteiger partial charge in [0.05, 0.1) is 7.11 Å². The fraction of sp³-hybridized carbons (Fsp3) is 0.538. The number of nitrogens with two attached hydrogens (primary N) is 1. The van der Waals surface area contributed by atoms with E-state index in [1.807, 2.05) is 12.1 Å². The van der Waals surface area contributed by atoms with Gasteiger partial charge in [0.2, 0.25) is 0 Å². The van der Waals surface area contributed by atoms with E-state index in [4.69, 9.17) is 10.5 Å². The highest BCUT2D eigenvalue weighted by atomic mass is 79.9. The molecule has 0 radical (unpaired) electrons. The van der Waals surface area contributed by atoms with Crippen molar-refractivity contribution in [3.63, 3.8) is 0 Å². The van der Waals surface area contributed by atoms with Crippen molar-refractivity contribution in [1.82, 2.24) is 0 Å². The van der Waals surface area contributed by atoms with Gasteiger partial charge in [-0.2, -0.15) is 0 Å². The molecule has 3 heteroatoms. The van der Waals surface area contributed by atoms with Crippen LogP contribution in [0.5, 0.6) is 5.75 Å². The summed E-state index contributed by atoms with van der Waals surface area (Å²) in [4.78, 5) is 0. The van der Waals surface area contributed by atoms with Gasteiger partial charge in [-0.1, -0.05) is 15.9 Å². The number of hydrogen-bond donors (Lipinski definition) is 1. The Morgan fingerprint density at radius 1 is 1.50 bits per heavy atom. The molecule has 1 saturated carbocycles. The van der Waals surface area contributed by atoms with Crippen LogP contribution in [0.2, 0.25) is 0 Å². The van der Waals surface area contributed by atoms with Crippen LogP contribution in [-0.4, -0.2) is 13.2 Å². The molecule has 1 aromatic carbocycles. The first-order chi connectivity index (χ1) is 7.57. The highest BCUT2D eigenvalue weighted by Crippen LogP contribution is 2.51. The molecule has 1 aliphatic rings. The van der Waals surface area contributed by atoms with Gasteiger partial charge in [-0.15, -0.1) is 0 Å². The maximum atomic E-state index is 6.06. The Labute approximate surface area is 105 Å². The Morgan fingerprint density at radius 3 is 2.69 bits per heavy atom. The molecular formula is C13H18BrNO.